The van der Waals surface area contributed by atoms with Crippen molar-refractivity contribution in [3.63, 3.8) is 0 Å². The van der Waals surface area contributed by atoms with Gasteiger partial charge in [0.15, 0.2) is 5.16 Å². The van der Waals surface area contributed by atoms with Crippen molar-refractivity contribution in [3.05, 3.63) is 30.6 Å². The number of hydrogen-bond donors (Lipinski definition) is 2. The predicted octanol–water partition coefficient (Wildman–Crippen LogP) is 1.24. The summed E-state index contributed by atoms with van der Waals surface area (Å²) in [5.41, 5.74) is 0.368. The van der Waals surface area contributed by atoms with Crippen molar-refractivity contribution in [3.8, 4) is 0 Å². The average molecular weight is 355 g/mol. The molecule has 3 N–H and O–H groups in total. The molecule has 0 radical (unpaired) electrons. The molecule has 0 aliphatic heterocycles. The smallest absolute Gasteiger partial charge is 0.238 e. The topological polar surface area (TPSA) is 120 Å². The summed E-state index contributed by atoms with van der Waals surface area (Å²) in [6, 6.07) is 5.98. The van der Waals surface area contributed by atoms with E-state index in [2.05, 4.69) is 15.5 Å². The Bertz CT molecular complexity index is 801. The Morgan fingerprint density at radius 3 is 2.83 bits per heavy atom. The van der Waals surface area contributed by atoms with Crippen molar-refractivity contribution in [1.82, 2.24) is 14.8 Å². The molecule has 2 rings (SSSR count). The summed E-state index contributed by atoms with van der Waals surface area (Å²) >= 11 is 1.25. The minimum Gasteiger partial charge on any atom is -0.325 e. The van der Waals surface area contributed by atoms with Gasteiger partial charge in [0.25, 0.3) is 0 Å². The van der Waals surface area contributed by atoms with E-state index in [1.807, 2.05) is 18.4 Å². The zero-order valence-electron chi connectivity index (χ0n) is 12.6. The van der Waals surface area contributed by atoms with Gasteiger partial charge in [-0.15, -0.1) is 10.2 Å². The van der Waals surface area contributed by atoms with E-state index in [9.17, 15) is 13.2 Å². The third-order valence-corrected chi connectivity index (χ3v) is 4.74. The fourth-order valence-corrected chi connectivity index (χ4v) is 3.17. The van der Waals surface area contributed by atoms with Gasteiger partial charge in [-0.1, -0.05) is 17.8 Å². The second kappa shape index (κ2) is 7.11. The number of nitrogens with one attached hydrogen (secondary N) is 1. The van der Waals surface area contributed by atoms with Crippen LogP contribution in [0.5, 0.6) is 0 Å². The fourth-order valence-electron chi connectivity index (χ4n) is 1.77. The summed E-state index contributed by atoms with van der Waals surface area (Å²) in [4.78, 5) is 11.9. The first-order valence-corrected chi connectivity index (χ1v) is 9.25. The van der Waals surface area contributed by atoms with E-state index >= 15 is 0 Å². The molecule has 0 spiro atoms. The van der Waals surface area contributed by atoms with Gasteiger partial charge < -0.3 is 9.88 Å². The van der Waals surface area contributed by atoms with Gasteiger partial charge in [-0.2, -0.15) is 0 Å². The maximum Gasteiger partial charge on any atom is 0.238 e. The molecular formula is C13H17N5O3S2. The Morgan fingerprint density at radius 2 is 2.17 bits per heavy atom. The average Bonchev–Trinajstić information content (AvgIpc) is 2.93. The largest absolute Gasteiger partial charge is 0.325 e. The highest BCUT2D eigenvalue weighted by Gasteiger charge is 2.12. The Hall–Kier alpha value is -1.91. The van der Waals surface area contributed by atoms with E-state index in [4.69, 9.17) is 5.14 Å². The Balaban J connectivity index is 1.99. The highest BCUT2D eigenvalue weighted by Crippen LogP contribution is 2.19. The SMILES string of the molecule is CC(C)n1cnnc1SCC(=O)Nc1cccc(S(N)(=O)=O)c1. The van der Waals surface area contributed by atoms with E-state index < -0.39 is 10.0 Å². The van der Waals surface area contributed by atoms with Crippen LogP contribution in [-0.4, -0.2) is 34.8 Å². The zero-order chi connectivity index (χ0) is 17.0. The molecule has 0 saturated heterocycles. The Labute approximate surface area is 138 Å². The molecular weight excluding hydrogens is 338 g/mol. The van der Waals surface area contributed by atoms with Gasteiger partial charge >= 0.3 is 0 Å². The number of hydrogen-bond acceptors (Lipinski definition) is 6. The normalized spacial score (nSPS) is 11.7. The van der Waals surface area contributed by atoms with Crippen LogP contribution in [0.25, 0.3) is 0 Å². The molecule has 0 aliphatic rings. The van der Waals surface area contributed by atoms with Crippen LogP contribution >= 0.6 is 11.8 Å². The van der Waals surface area contributed by atoms with Gasteiger partial charge in [0.05, 0.1) is 10.6 Å². The van der Waals surface area contributed by atoms with Crippen LogP contribution in [0, 0.1) is 0 Å². The molecule has 0 atom stereocenters. The lowest BCUT2D eigenvalue weighted by Gasteiger charge is -2.09. The van der Waals surface area contributed by atoms with Crippen LogP contribution in [-0.2, 0) is 14.8 Å². The van der Waals surface area contributed by atoms with Crippen molar-refractivity contribution in [1.29, 1.82) is 0 Å². The van der Waals surface area contributed by atoms with E-state index in [1.165, 1.54) is 30.0 Å². The molecule has 124 valence electrons. The summed E-state index contributed by atoms with van der Waals surface area (Å²) in [6.45, 7) is 3.98. The van der Waals surface area contributed by atoms with Gasteiger partial charge in [0.2, 0.25) is 15.9 Å². The molecule has 2 aromatic rings. The summed E-state index contributed by atoms with van der Waals surface area (Å²) in [5.74, 6) is -0.148. The lowest BCUT2D eigenvalue weighted by Crippen LogP contribution is -2.16. The number of anilines is 1. The van der Waals surface area contributed by atoms with Crippen LogP contribution in [0.15, 0.2) is 40.6 Å². The molecule has 8 nitrogen and oxygen atoms in total. The first kappa shape index (κ1) is 17.4. The number of benzene rings is 1. The number of primary sulfonamides is 1. The molecule has 1 aromatic heterocycles. The maximum absolute atomic E-state index is 12.0. The van der Waals surface area contributed by atoms with Crippen molar-refractivity contribution in [2.75, 3.05) is 11.1 Å². The number of thioether (sulfide) groups is 1. The van der Waals surface area contributed by atoms with E-state index in [1.54, 1.807) is 12.4 Å². The van der Waals surface area contributed by atoms with Crippen molar-refractivity contribution in [2.45, 2.75) is 29.9 Å². The molecule has 0 aliphatic carbocycles. The molecule has 23 heavy (non-hydrogen) atoms. The lowest BCUT2D eigenvalue weighted by atomic mass is 10.3. The minimum atomic E-state index is -3.80. The molecule has 0 fully saturated rings. The number of carbonyl (C=O) groups is 1. The Kier molecular flexibility index (Phi) is 5.39. The molecule has 0 unspecified atom stereocenters. The molecule has 10 heteroatoms. The summed E-state index contributed by atoms with van der Waals surface area (Å²) in [6.07, 6.45) is 1.61. The van der Waals surface area contributed by atoms with Gasteiger partial charge in [-0.25, -0.2) is 13.6 Å². The van der Waals surface area contributed by atoms with Gasteiger partial charge in [0, 0.05) is 11.7 Å². The molecule has 1 heterocycles. The summed E-state index contributed by atoms with van der Waals surface area (Å²) in [5, 5.41) is 16.1. The van der Waals surface area contributed by atoms with Crippen LogP contribution in [0.4, 0.5) is 5.69 Å². The first-order chi connectivity index (χ1) is 10.8. The second-order valence-electron chi connectivity index (χ2n) is 5.02. The van der Waals surface area contributed by atoms with E-state index in [-0.39, 0.29) is 22.6 Å². The summed E-state index contributed by atoms with van der Waals surface area (Å²) in [7, 11) is -3.80. The van der Waals surface area contributed by atoms with Crippen molar-refractivity contribution in [2.24, 2.45) is 5.14 Å². The number of carbonyl (C=O) groups excluding carboxylic acids is 1. The standard InChI is InChI=1S/C13H17N5O3S2/c1-9(2)18-8-15-17-13(18)22-7-12(19)16-10-4-3-5-11(6-10)23(14,20)21/h3-6,8-9H,7H2,1-2H3,(H,16,19)(H2,14,20,21). The van der Waals surface area contributed by atoms with Crippen LogP contribution < -0.4 is 10.5 Å². The Morgan fingerprint density at radius 1 is 1.43 bits per heavy atom. The molecule has 0 saturated carbocycles. The van der Waals surface area contributed by atoms with Crippen LogP contribution in [0.2, 0.25) is 0 Å². The number of aromatic nitrogens is 3. The first-order valence-electron chi connectivity index (χ1n) is 6.72. The molecule has 0 bridgehead atoms. The number of nitrogens with two attached hydrogens (primary N) is 1. The highest BCUT2D eigenvalue weighted by molar-refractivity contribution is 7.99. The van der Waals surface area contributed by atoms with Gasteiger partial charge in [-0.05, 0) is 32.0 Å². The van der Waals surface area contributed by atoms with Crippen LogP contribution in [0.3, 0.4) is 0 Å². The second-order valence-corrected chi connectivity index (χ2v) is 7.53. The third-order valence-electron chi connectivity index (χ3n) is 2.88. The number of amides is 1. The highest BCUT2D eigenvalue weighted by atomic mass is 32.2. The monoisotopic (exact) mass is 355 g/mol. The quantitative estimate of drug-likeness (QED) is 0.752. The van der Waals surface area contributed by atoms with Gasteiger partial charge in [-0.3, -0.25) is 4.79 Å². The maximum atomic E-state index is 12.0. The lowest BCUT2D eigenvalue weighted by molar-refractivity contribution is -0.113. The van der Waals surface area contributed by atoms with E-state index in [0.29, 0.717) is 10.8 Å². The number of nitrogens with zero attached hydrogens (tertiary/aromatic N) is 3. The zero-order valence-corrected chi connectivity index (χ0v) is 14.3. The van der Waals surface area contributed by atoms with Crippen molar-refractivity contribution >= 4 is 33.4 Å². The minimum absolute atomic E-state index is 0.0532. The fraction of sp³-hybridized carbons (Fsp3) is 0.308. The summed E-state index contributed by atoms with van der Waals surface area (Å²) < 4.78 is 24.5. The third kappa shape index (κ3) is 4.78. The van der Waals surface area contributed by atoms with Crippen molar-refractivity contribution < 1.29 is 13.2 Å². The predicted molar refractivity (Wildman–Crippen MR) is 87.6 cm³/mol. The van der Waals surface area contributed by atoms with Crippen LogP contribution in [0.1, 0.15) is 19.9 Å². The molecule has 1 amide bonds. The molecule has 1 aromatic carbocycles. The van der Waals surface area contributed by atoms with Gasteiger partial charge in [0.1, 0.15) is 6.33 Å². The van der Waals surface area contributed by atoms with E-state index in [0.717, 1.165) is 0 Å². The number of sulfonamides is 1. The number of rotatable bonds is 6.